The lowest BCUT2D eigenvalue weighted by Gasteiger charge is -2.24. The Morgan fingerprint density at radius 2 is 1.75 bits per heavy atom. The molecule has 0 spiro atoms. The molecule has 0 saturated carbocycles. The summed E-state index contributed by atoms with van der Waals surface area (Å²) in [5.74, 6) is -0.0680. The molecule has 7 heteroatoms. The van der Waals surface area contributed by atoms with Crippen LogP contribution in [0, 0.1) is 5.82 Å². The highest BCUT2D eigenvalue weighted by molar-refractivity contribution is 5.94. The van der Waals surface area contributed by atoms with E-state index >= 15 is 0 Å². The van der Waals surface area contributed by atoms with Crippen LogP contribution in [0.2, 0.25) is 0 Å². The average molecular weight is 387 g/mol. The van der Waals surface area contributed by atoms with Crippen LogP contribution < -0.4 is 10.1 Å². The van der Waals surface area contributed by atoms with Gasteiger partial charge in [-0.25, -0.2) is 4.39 Å². The molecule has 0 aliphatic carbocycles. The van der Waals surface area contributed by atoms with Crippen LogP contribution in [0.15, 0.2) is 48.5 Å². The average Bonchev–Trinajstić information content (AvgIpc) is 2.69. The molecule has 2 amide bonds. The van der Waals surface area contributed by atoms with Crippen LogP contribution in [0.1, 0.15) is 12.5 Å². The van der Waals surface area contributed by atoms with Gasteiger partial charge in [0.2, 0.25) is 11.8 Å². The Kier molecular flexibility index (Phi) is 7.95. The number of nitrogens with one attached hydrogen (secondary N) is 1. The van der Waals surface area contributed by atoms with Crippen molar-refractivity contribution in [3.8, 4) is 5.75 Å². The molecule has 2 aromatic carbocycles. The fourth-order valence-electron chi connectivity index (χ4n) is 2.68. The van der Waals surface area contributed by atoms with E-state index in [0.717, 1.165) is 5.56 Å². The highest BCUT2D eigenvalue weighted by atomic mass is 19.1. The number of ether oxygens (including phenoxy) is 1. The van der Waals surface area contributed by atoms with Crippen LogP contribution in [0.25, 0.3) is 0 Å². The van der Waals surface area contributed by atoms with Crippen molar-refractivity contribution < 1.29 is 18.7 Å². The van der Waals surface area contributed by atoms with E-state index in [1.54, 1.807) is 48.2 Å². The van der Waals surface area contributed by atoms with Gasteiger partial charge >= 0.3 is 0 Å². The molecular formula is C21H26FN3O3. The Morgan fingerprint density at radius 3 is 2.39 bits per heavy atom. The molecular weight excluding hydrogens is 361 g/mol. The molecule has 0 fully saturated rings. The van der Waals surface area contributed by atoms with E-state index in [0.29, 0.717) is 24.5 Å². The second-order valence-electron chi connectivity index (χ2n) is 6.43. The molecule has 0 radical (unpaired) electrons. The van der Waals surface area contributed by atoms with Crippen LogP contribution >= 0.6 is 0 Å². The number of nitrogens with zero attached hydrogens (tertiary/aromatic N) is 2. The zero-order chi connectivity index (χ0) is 20.5. The van der Waals surface area contributed by atoms with E-state index in [1.165, 1.54) is 12.1 Å². The Hall–Kier alpha value is -2.93. The lowest BCUT2D eigenvalue weighted by molar-refractivity contribution is -0.132. The molecule has 0 unspecified atom stereocenters. The van der Waals surface area contributed by atoms with Crippen LogP contribution in [0.3, 0.4) is 0 Å². The van der Waals surface area contributed by atoms with Crippen LogP contribution in [-0.4, -0.2) is 55.4 Å². The van der Waals surface area contributed by atoms with Crippen molar-refractivity contribution >= 4 is 17.5 Å². The van der Waals surface area contributed by atoms with Gasteiger partial charge in [-0.2, -0.15) is 0 Å². The number of hydrogen-bond donors (Lipinski definition) is 1. The molecule has 0 aliphatic rings. The summed E-state index contributed by atoms with van der Waals surface area (Å²) < 4.78 is 18.2. The number of anilines is 1. The Morgan fingerprint density at radius 1 is 1.07 bits per heavy atom. The van der Waals surface area contributed by atoms with Crippen molar-refractivity contribution in [1.82, 2.24) is 9.80 Å². The molecule has 0 aliphatic heterocycles. The standard InChI is InChI=1S/C21H26FN3O3/c1-4-25(14-20(26)23-18-7-5-6-8-19(18)28-3)15-21(27)24(2)13-16-9-11-17(22)12-10-16/h5-12H,4,13-15H2,1-3H3,(H,23,26). The topological polar surface area (TPSA) is 61.9 Å². The van der Waals surface area contributed by atoms with E-state index in [4.69, 9.17) is 4.74 Å². The summed E-state index contributed by atoms with van der Waals surface area (Å²) in [5, 5.41) is 2.81. The third-order valence-electron chi connectivity index (χ3n) is 4.31. The maximum Gasteiger partial charge on any atom is 0.238 e. The maximum absolute atomic E-state index is 13.0. The minimum atomic E-state index is -0.309. The van der Waals surface area contributed by atoms with E-state index in [1.807, 2.05) is 19.1 Å². The van der Waals surface area contributed by atoms with Gasteiger partial charge in [-0.3, -0.25) is 14.5 Å². The second-order valence-corrected chi connectivity index (χ2v) is 6.43. The SMILES string of the molecule is CCN(CC(=O)Nc1ccccc1OC)CC(=O)N(C)Cc1ccc(F)cc1. The normalized spacial score (nSPS) is 10.6. The lowest BCUT2D eigenvalue weighted by atomic mass is 10.2. The van der Waals surface area contributed by atoms with Crippen molar-refractivity contribution in [2.24, 2.45) is 0 Å². The van der Waals surface area contributed by atoms with E-state index in [2.05, 4.69) is 5.32 Å². The summed E-state index contributed by atoms with van der Waals surface area (Å²) in [7, 11) is 3.23. The predicted molar refractivity (Wildman–Crippen MR) is 107 cm³/mol. The largest absolute Gasteiger partial charge is 0.495 e. The molecule has 0 heterocycles. The smallest absolute Gasteiger partial charge is 0.238 e. The minimum Gasteiger partial charge on any atom is -0.495 e. The van der Waals surface area contributed by atoms with Gasteiger partial charge in [0.05, 0.1) is 25.9 Å². The predicted octanol–water partition coefficient (Wildman–Crippen LogP) is 2.75. The van der Waals surface area contributed by atoms with Gasteiger partial charge in [0.15, 0.2) is 0 Å². The summed E-state index contributed by atoms with van der Waals surface area (Å²) in [4.78, 5) is 28.2. The van der Waals surface area contributed by atoms with E-state index in [-0.39, 0.29) is 30.7 Å². The van der Waals surface area contributed by atoms with Crippen LogP contribution in [-0.2, 0) is 16.1 Å². The number of likely N-dealkylation sites (N-methyl/N-ethyl adjacent to an activating group) is 2. The van der Waals surface area contributed by atoms with Gasteiger partial charge < -0.3 is 15.0 Å². The lowest BCUT2D eigenvalue weighted by Crippen LogP contribution is -2.41. The van der Waals surface area contributed by atoms with E-state index < -0.39 is 0 Å². The Labute approximate surface area is 164 Å². The summed E-state index contributed by atoms with van der Waals surface area (Å²) >= 11 is 0. The highest BCUT2D eigenvalue weighted by Gasteiger charge is 2.17. The van der Waals surface area contributed by atoms with E-state index in [9.17, 15) is 14.0 Å². The number of methoxy groups -OCH3 is 1. The van der Waals surface area contributed by atoms with Gasteiger partial charge in [-0.1, -0.05) is 31.2 Å². The van der Waals surface area contributed by atoms with Gasteiger partial charge in [0.1, 0.15) is 11.6 Å². The molecule has 150 valence electrons. The molecule has 2 rings (SSSR count). The number of hydrogen-bond acceptors (Lipinski definition) is 4. The van der Waals surface area contributed by atoms with Crippen LogP contribution in [0.5, 0.6) is 5.75 Å². The monoisotopic (exact) mass is 387 g/mol. The number of amides is 2. The molecule has 0 bridgehead atoms. The van der Waals surface area contributed by atoms with Crippen molar-refractivity contribution in [2.45, 2.75) is 13.5 Å². The van der Waals surface area contributed by atoms with Crippen molar-refractivity contribution in [3.05, 3.63) is 59.9 Å². The number of halogens is 1. The highest BCUT2D eigenvalue weighted by Crippen LogP contribution is 2.22. The molecule has 1 N–H and O–H groups in total. The molecule has 28 heavy (non-hydrogen) atoms. The van der Waals surface area contributed by atoms with Crippen LogP contribution in [0.4, 0.5) is 10.1 Å². The number of carbonyl (C=O) groups is 2. The zero-order valence-electron chi connectivity index (χ0n) is 16.4. The molecule has 0 aromatic heterocycles. The third-order valence-corrected chi connectivity index (χ3v) is 4.31. The first-order valence-corrected chi connectivity index (χ1v) is 9.06. The van der Waals surface area contributed by atoms with Gasteiger partial charge in [0.25, 0.3) is 0 Å². The van der Waals surface area contributed by atoms with Crippen molar-refractivity contribution in [1.29, 1.82) is 0 Å². The summed E-state index contributed by atoms with van der Waals surface area (Å²) in [6.07, 6.45) is 0. The van der Waals surface area contributed by atoms with Gasteiger partial charge in [0, 0.05) is 13.6 Å². The number of para-hydroxylation sites is 2. The number of rotatable bonds is 9. The first-order chi connectivity index (χ1) is 13.4. The quantitative estimate of drug-likeness (QED) is 0.719. The third kappa shape index (κ3) is 6.35. The molecule has 0 saturated heterocycles. The number of benzene rings is 2. The Balaban J connectivity index is 1.88. The zero-order valence-corrected chi connectivity index (χ0v) is 16.4. The molecule has 0 atom stereocenters. The summed E-state index contributed by atoms with van der Waals surface area (Å²) in [5.41, 5.74) is 1.43. The fourth-order valence-corrected chi connectivity index (χ4v) is 2.68. The molecule has 6 nitrogen and oxygen atoms in total. The molecule has 2 aromatic rings. The fraction of sp³-hybridized carbons (Fsp3) is 0.333. The summed E-state index contributed by atoms with van der Waals surface area (Å²) in [6, 6.07) is 13.2. The number of carbonyl (C=O) groups excluding carboxylic acids is 2. The first kappa shape index (κ1) is 21.4. The van der Waals surface area contributed by atoms with Crippen molar-refractivity contribution in [2.75, 3.05) is 39.1 Å². The summed E-state index contributed by atoms with van der Waals surface area (Å²) in [6.45, 7) is 3.03. The second kappa shape index (κ2) is 10.4. The maximum atomic E-state index is 13.0. The Bertz CT molecular complexity index is 796. The van der Waals surface area contributed by atoms with Gasteiger partial charge in [-0.15, -0.1) is 0 Å². The van der Waals surface area contributed by atoms with Crippen molar-refractivity contribution in [3.63, 3.8) is 0 Å². The first-order valence-electron chi connectivity index (χ1n) is 9.06. The van der Waals surface area contributed by atoms with Gasteiger partial charge in [-0.05, 0) is 36.4 Å². The minimum absolute atomic E-state index is 0.0880.